The largest absolute Gasteiger partial charge is 0.483 e. The van der Waals surface area contributed by atoms with Crippen LogP contribution in [-0.4, -0.2) is 40.6 Å². The molecule has 1 fully saturated rings. The van der Waals surface area contributed by atoms with Crippen molar-refractivity contribution in [1.29, 1.82) is 0 Å². The normalized spacial score (nSPS) is 16.6. The number of para-hydroxylation sites is 1. The van der Waals surface area contributed by atoms with Crippen molar-refractivity contribution < 1.29 is 14.1 Å². The molecule has 0 N–H and O–H groups in total. The molecule has 0 spiro atoms. The van der Waals surface area contributed by atoms with Crippen LogP contribution in [0.2, 0.25) is 5.02 Å². The maximum atomic E-state index is 12.5. The summed E-state index contributed by atoms with van der Waals surface area (Å²) in [7, 11) is 0. The zero-order valence-corrected chi connectivity index (χ0v) is 16.9. The Morgan fingerprint density at radius 2 is 1.97 bits per heavy atom. The van der Waals surface area contributed by atoms with E-state index >= 15 is 0 Å². The fourth-order valence-electron chi connectivity index (χ4n) is 3.50. The minimum atomic E-state index is -0.0149. The van der Waals surface area contributed by atoms with Gasteiger partial charge in [0.15, 0.2) is 6.61 Å². The molecule has 1 aliphatic heterocycles. The average Bonchev–Trinajstić information content (AvgIpc) is 3.22. The molecule has 2 aromatic carbocycles. The van der Waals surface area contributed by atoms with E-state index in [4.69, 9.17) is 20.9 Å². The quantitative estimate of drug-likeness (QED) is 0.609. The number of ether oxygens (including phenoxy) is 1. The van der Waals surface area contributed by atoms with E-state index < -0.39 is 0 Å². The second-order valence-corrected chi connectivity index (χ2v) is 7.68. The third-order valence-electron chi connectivity index (χ3n) is 5.02. The summed E-state index contributed by atoms with van der Waals surface area (Å²) in [6.45, 7) is 3.73. The number of amides is 1. The lowest BCUT2D eigenvalue weighted by Crippen LogP contribution is -2.41. The number of carbonyl (C=O) groups is 1. The summed E-state index contributed by atoms with van der Waals surface area (Å²) in [4.78, 5) is 18.9. The molecule has 150 valence electrons. The Morgan fingerprint density at radius 1 is 1.21 bits per heavy atom. The number of hydrogen-bond donors (Lipinski definition) is 0. The maximum absolute atomic E-state index is 12.5. The summed E-state index contributed by atoms with van der Waals surface area (Å²) in [5.41, 5.74) is 1.33. The van der Waals surface area contributed by atoms with Crippen LogP contribution in [0.3, 0.4) is 0 Å². The fourth-order valence-corrected chi connectivity index (χ4v) is 3.72. The Hall–Kier alpha value is -2.86. The van der Waals surface area contributed by atoms with Crippen molar-refractivity contribution >= 4 is 17.5 Å². The van der Waals surface area contributed by atoms with Gasteiger partial charge < -0.3 is 14.2 Å². The molecule has 0 unspecified atom stereocenters. The number of benzene rings is 2. The van der Waals surface area contributed by atoms with Crippen LogP contribution >= 0.6 is 11.6 Å². The van der Waals surface area contributed by atoms with Gasteiger partial charge >= 0.3 is 0 Å². The third-order valence-corrected chi connectivity index (χ3v) is 5.35. The maximum Gasteiger partial charge on any atom is 0.260 e. The van der Waals surface area contributed by atoms with Crippen LogP contribution in [0.5, 0.6) is 5.75 Å². The number of halogens is 1. The SMILES string of the molecule is C[C@H]1CCCN(C(=O)COc2ccccc2-c2noc(-c3ccccc3Cl)n2)C1. The van der Waals surface area contributed by atoms with Gasteiger partial charge in [0, 0.05) is 13.1 Å². The van der Waals surface area contributed by atoms with E-state index in [1.54, 1.807) is 12.1 Å². The first-order chi connectivity index (χ1) is 14.1. The van der Waals surface area contributed by atoms with Crippen molar-refractivity contribution in [3.05, 3.63) is 53.6 Å². The predicted octanol–water partition coefficient (Wildman–Crippen LogP) is 4.69. The smallest absolute Gasteiger partial charge is 0.260 e. The summed E-state index contributed by atoms with van der Waals surface area (Å²) < 4.78 is 11.2. The van der Waals surface area contributed by atoms with Gasteiger partial charge in [-0.3, -0.25) is 4.79 Å². The number of aromatic nitrogens is 2. The number of carbonyl (C=O) groups excluding carboxylic acids is 1. The van der Waals surface area contributed by atoms with E-state index in [1.807, 2.05) is 41.3 Å². The Kier molecular flexibility index (Phi) is 5.81. The van der Waals surface area contributed by atoms with E-state index in [1.165, 1.54) is 6.42 Å². The van der Waals surface area contributed by atoms with Gasteiger partial charge in [0.05, 0.1) is 16.1 Å². The monoisotopic (exact) mass is 411 g/mol. The average molecular weight is 412 g/mol. The second kappa shape index (κ2) is 8.66. The highest BCUT2D eigenvalue weighted by atomic mass is 35.5. The number of hydrogen-bond acceptors (Lipinski definition) is 5. The van der Waals surface area contributed by atoms with Crippen LogP contribution in [0.25, 0.3) is 22.8 Å². The summed E-state index contributed by atoms with van der Waals surface area (Å²) in [5.74, 6) is 1.78. The highest BCUT2D eigenvalue weighted by Gasteiger charge is 2.22. The van der Waals surface area contributed by atoms with E-state index in [-0.39, 0.29) is 12.5 Å². The lowest BCUT2D eigenvalue weighted by atomic mass is 10.0. The van der Waals surface area contributed by atoms with Gasteiger partial charge in [0.2, 0.25) is 5.82 Å². The van der Waals surface area contributed by atoms with Gasteiger partial charge in [0.25, 0.3) is 11.8 Å². The van der Waals surface area contributed by atoms with Crippen molar-refractivity contribution in [2.45, 2.75) is 19.8 Å². The molecule has 1 aromatic heterocycles. The lowest BCUT2D eigenvalue weighted by Gasteiger charge is -2.30. The Morgan fingerprint density at radius 3 is 2.76 bits per heavy atom. The van der Waals surface area contributed by atoms with Crippen molar-refractivity contribution in [3.63, 3.8) is 0 Å². The van der Waals surface area contributed by atoms with Crippen LogP contribution in [0.4, 0.5) is 0 Å². The number of piperidine rings is 1. The summed E-state index contributed by atoms with van der Waals surface area (Å²) in [5, 5.41) is 4.61. The van der Waals surface area contributed by atoms with E-state index in [0.717, 1.165) is 19.5 Å². The number of likely N-dealkylation sites (tertiary alicyclic amines) is 1. The second-order valence-electron chi connectivity index (χ2n) is 7.27. The molecule has 7 heteroatoms. The van der Waals surface area contributed by atoms with Crippen molar-refractivity contribution in [2.24, 2.45) is 5.92 Å². The Labute approximate surface area is 174 Å². The van der Waals surface area contributed by atoms with Gasteiger partial charge in [0.1, 0.15) is 5.75 Å². The Balaban J connectivity index is 1.50. The molecule has 4 rings (SSSR count). The minimum Gasteiger partial charge on any atom is -0.483 e. The highest BCUT2D eigenvalue weighted by Crippen LogP contribution is 2.31. The van der Waals surface area contributed by atoms with Crippen LogP contribution in [0, 0.1) is 5.92 Å². The molecule has 1 amide bonds. The molecule has 1 atom stereocenters. The van der Waals surface area contributed by atoms with Gasteiger partial charge in [-0.15, -0.1) is 0 Å². The third kappa shape index (κ3) is 4.43. The molecule has 2 heterocycles. The summed E-state index contributed by atoms with van der Waals surface area (Å²) in [6.07, 6.45) is 2.20. The van der Waals surface area contributed by atoms with Gasteiger partial charge in [-0.05, 0) is 43.0 Å². The first-order valence-electron chi connectivity index (χ1n) is 9.70. The first-order valence-corrected chi connectivity index (χ1v) is 10.1. The Bertz CT molecular complexity index is 1000. The number of nitrogens with zero attached hydrogens (tertiary/aromatic N) is 3. The lowest BCUT2D eigenvalue weighted by molar-refractivity contribution is -0.135. The van der Waals surface area contributed by atoms with E-state index in [2.05, 4.69) is 17.1 Å². The molecule has 0 aliphatic carbocycles. The van der Waals surface area contributed by atoms with Crippen LogP contribution in [0.1, 0.15) is 19.8 Å². The topological polar surface area (TPSA) is 68.5 Å². The van der Waals surface area contributed by atoms with Gasteiger partial charge in [-0.25, -0.2) is 0 Å². The van der Waals surface area contributed by atoms with E-state index in [9.17, 15) is 4.79 Å². The van der Waals surface area contributed by atoms with E-state index in [0.29, 0.717) is 39.5 Å². The van der Waals surface area contributed by atoms with Crippen molar-refractivity contribution in [1.82, 2.24) is 15.0 Å². The van der Waals surface area contributed by atoms with Gasteiger partial charge in [-0.1, -0.05) is 47.9 Å². The molecule has 1 aliphatic rings. The van der Waals surface area contributed by atoms with Crippen molar-refractivity contribution in [2.75, 3.05) is 19.7 Å². The molecular formula is C22H22ClN3O3. The highest BCUT2D eigenvalue weighted by molar-refractivity contribution is 6.33. The molecular weight excluding hydrogens is 390 g/mol. The molecule has 0 radical (unpaired) electrons. The zero-order valence-electron chi connectivity index (χ0n) is 16.2. The van der Waals surface area contributed by atoms with Gasteiger partial charge in [-0.2, -0.15) is 4.98 Å². The standard InChI is InChI=1S/C22H22ClN3O3/c1-15-7-6-12-26(13-15)20(27)14-28-19-11-5-3-9-17(19)21-24-22(29-25-21)16-8-2-4-10-18(16)23/h2-5,8-11,15H,6-7,12-14H2,1H3/t15-/m0/s1. The first kappa shape index (κ1) is 19.5. The molecule has 29 heavy (non-hydrogen) atoms. The summed E-state index contributed by atoms with van der Waals surface area (Å²) in [6, 6.07) is 14.6. The molecule has 1 saturated heterocycles. The molecule has 0 saturated carbocycles. The zero-order chi connectivity index (χ0) is 20.2. The predicted molar refractivity (Wildman–Crippen MR) is 111 cm³/mol. The summed E-state index contributed by atoms with van der Waals surface area (Å²) >= 11 is 6.22. The van der Waals surface area contributed by atoms with Crippen LogP contribution in [0.15, 0.2) is 53.1 Å². The van der Waals surface area contributed by atoms with Crippen molar-refractivity contribution in [3.8, 4) is 28.6 Å². The van der Waals surface area contributed by atoms with Crippen LogP contribution in [-0.2, 0) is 4.79 Å². The molecule has 3 aromatic rings. The van der Waals surface area contributed by atoms with Crippen LogP contribution < -0.4 is 4.74 Å². The molecule has 6 nitrogen and oxygen atoms in total. The minimum absolute atomic E-state index is 0.00350. The number of rotatable bonds is 5. The molecule has 0 bridgehead atoms. The fraction of sp³-hybridized carbons (Fsp3) is 0.318.